The van der Waals surface area contributed by atoms with Crippen LogP contribution in [0.25, 0.3) is 0 Å². The Morgan fingerprint density at radius 2 is 2.78 bits per heavy atom. The van der Waals surface area contributed by atoms with E-state index in [9.17, 15) is 0 Å². The molecule has 0 amide bonds. The number of hydrogen-bond donors (Lipinski definition) is 1. The molecule has 0 bridgehead atoms. The first kappa shape index (κ1) is 6.68. The van der Waals surface area contributed by atoms with Crippen LogP contribution in [0.4, 0.5) is 0 Å². The molecule has 0 aromatic carbocycles. The molecular weight excluding hydrogens is 132 g/mol. The predicted molar refractivity (Wildman–Crippen MR) is 38.4 cm³/mol. The highest BCUT2D eigenvalue weighted by Gasteiger charge is 1.91. The molecule has 1 heterocycles. The molecule has 1 rings (SSSR count). The Balaban J connectivity index is 2.30. The fourth-order valence-corrected chi connectivity index (χ4v) is 1.15. The fraction of sp³-hybridized carbons (Fsp3) is 0.500. The summed E-state index contributed by atoms with van der Waals surface area (Å²) in [5, 5.41) is 0.969. The van der Waals surface area contributed by atoms with E-state index in [4.69, 9.17) is 0 Å². The highest BCUT2D eigenvalue weighted by atomic mass is 32.2. The van der Waals surface area contributed by atoms with Crippen molar-refractivity contribution >= 4 is 11.8 Å². The molecule has 2 nitrogen and oxygen atoms in total. The monoisotopic (exact) mass is 141 g/mol. The van der Waals surface area contributed by atoms with Crippen molar-refractivity contribution in [3.05, 3.63) is 12.4 Å². The third kappa shape index (κ3) is 2.10. The predicted octanol–water partition coefficient (Wildman–Crippen LogP) is 1.71. The van der Waals surface area contributed by atoms with E-state index in [-0.39, 0.29) is 0 Å². The van der Waals surface area contributed by atoms with Gasteiger partial charge in [-0.15, -0.1) is 0 Å². The van der Waals surface area contributed by atoms with Crippen LogP contribution in [0.3, 0.4) is 0 Å². The van der Waals surface area contributed by atoms with Crippen molar-refractivity contribution in [2.45, 2.75) is 18.5 Å². The second kappa shape index (κ2) is 3.56. The number of hydrogen-bond acceptors (Lipinski definition) is 2. The van der Waals surface area contributed by atoms with Crippen LogP contribution in [-0.4, -0.2) is 15.7 Å². The van der Waals surface area contributed by atoms with E-state index in [0.717, 1.165) is 10.9 Å². The van der Waals surface area contributed by atoms with Gasteiger partial charge in [-0.2, -0.15) is 0 Å². The van der Waals surface area contributed by atoms with Gasteiger partial charge in [0.2, 0.25) is 0 Å². The van der Waals surface area contributed by atoms with Gasteiger partial charge >= 0.3 is 0 Å². The first-order chi connectivity index (χ1) is 4.43. The number of thioether (sulfide) groups is 1. The van der Waals surface area contributed by atoms with Crippen LogP contribution in [0, 0.1) is 6.20 Å². The maximum atomic E-state index is 3.94. The largest absolute Gasteiger partial charge is 0.339 e. The molecule has 1 aromatic heterocycles. The Kier molecular flexibility index (Phi) is 2.64. The Hall–Kier alpha value is -0.440. The van der Waals surface area contributed by atoms with Crippen molar-refractivity contribution in [3.63, 3.8) is 0 Å². The lowest BCUT2D eigenvalue weighted by Gasteiger charge is -1.89. The van der Waals surface area contributed by atoms with Gasteiger partial charge in [-0.25, -0.2) is 4.98 Å². The van der Waals surface area contributed by atoms with Crippen molar-refractivity contribution in [1.82, 2.24) is 9.97 Å². The van der Waals surface area contributed by atoms with E-state index in [2.05, 4.69) is 23.1 Å². The first-order valence-electron chi connectivity index (χ1n) is 2.97. The Labute approximate surface area is 59.1 Å². The fourth-order valence-electron chi connectivity index (χ4n) is 0.490. The molecule has 1 aromatic rings. The number of nitrogens with zero attached hydrogens (tertiary/aromatic N) is 1. The zero-order valence-electron chi connectivity index (χ0n) is 5.35. The van der Waals surface area contributed by atoms with E-state index in [1.807, 2.05) is 0 Å². The highest BCUT2D eigenvalue weighted by Crippen LogP contribution is 2.11. The van der Waals surface area contributed by atoms with Crippen LogP contribution < -0.4 is 0 Å². The summed E-state index contributed by atoms with van der Waals surface area (Å²) in [6, 6.07) is 0. The third-order valence-corrected chi connectivity index (χ3v) is 1.96. The zero-order valence-corrected chi connectivity index (χ0v) is 6.16. The number of nitrogens with one attached hydrogen (secondary N) is 1. The van der Waals surface area contributed by atoms with Crippen molar-refractivity contribution in [3.8, 4) is 0 Å². The van der Waals surface area contributed by atoms with Crippen LogP contribution in [0.2, 0.25) is 0 Å². The highest BCUT2D eigenvalue weighted by molar-refractivity contribution is 7.99. The molecule has 0 aliphatic heterocycles. The maximum Gasteiger partial charge on any atom is 0.165 e. The van der Waals surface area contributed by atoms with Gasteiger partial charge in [0.05, 0.1) is 0 Å². The van der Waals surface area contributed by atoms with Crippen LogP contribution in [0.5, 0.6) is 0 Å². The molecule has 0 unspecified atom stereocenters. The number of H-pyrrole nitrogens is 1. The Morgan fingerprint density at radius 3 is 3.33 bits per heavy atom. The lowest BCUT2D eigenvalue weighted by atomic mass is 10.6. The van der Waals surface area contributed by atoms with Crippen molar-refractivity contribution in [1.29, 1.82) is 0 Å². The molecule has 1 radical (unpaired) electrons. The first-order valence-corrected chi connectivity index (χ1v) is 3.96. The minimum atomic E-state index is 0.969. The minimum Gasteiger partial charge on any atom is -0.339 e. The summed E-state index contributed by atoms with van der Waals surface area (Å²) in [5.74, 6) is 1.13. The average Bonchev–Trinajstić information content (AvgIpc) is 2.34. The van der Waals surface area contributed by atoms with E-state index in [1.54, 1.807) is 18.0 Å². The second-order valence-corrected chi connectivity index (χ2v) is 2.77. The van der Waals surface area contributed by atoms with Crippen LogP contribution in [-0.2, 0) is 0 Å². The van der Waals surface area contributed by atoms with Gasteiger partial charge in [-0.05, 0) is 6.42 Å². The van der Waals surface area contributed by atoms with Gasteiger partial charge in [-0.1, -0.05) is 18.7 Å². The lowest BCUT2D eigenvalue weighted by Crippen LogP contribution is -1.76. The van der Waals surface area contributed by atoms with Crippen molar-refractivity contribution in [2.75, 3.05) is 5.75 Å². The molecule has 49 valence electrons. The molecule has 9 heavy (non-hydrogen) atoms. The van der Waals surface area contributed by atoms with E-state index >= 15 is 0 Å². The topological polar surface area (TPSA) is 28.7 Å². The van der Waals surface area contributed by atoms with Gasteiger partial charge < -0.3 is 4.98 Å². The number of rotatable bonds is 3. The summed E-state index contributed by atoms with van der Waals surface area (Å²) in [5.41, 5.74) is 0. The molecule has 0 saturated heterocycles. The molecule has 0 spiro atoms. The second-order valence-electron chi connectivity index (χ2n) is 1.68. The Morgan fingerprint density at radius 1 is 1.89 bits per heavy atom. The van der Waals surface area contributed by atoms with E-state index < -0.39 is 0 Å². The molecule has 0 aliphatic carbocycles. The molecular formula is C6H9N2S. The normalized spacial score (nSPS) is 9.89. The average molecular weight is 141 g/mol. The van der Waals surface area contributed by atoms with Crippen LogP contribution in [0.1, 0.15) is 13.3 Å². The van der Waals surface area contributed by atoms with Gasteiger partial charge in [0.15, 0.2) is 5.16 Å². The van der Waals surface area contributed by atoms with Crippen molar-refractivity contribution < 1.29 is 0 Å². The summed E-state index contributed by atoms with van der Waals surface area (Å²) < 4.78 is 0. The van der Waals surface area contributed by atoms with Gasteiger partial charge in [0, 0.05) is 11.9 Å². The summed E-state index contributed by atoms with van der Waals surface area (Å²) in [4.78, 5) is 6.90. The zero-order chi connectivity index (χ0) is 6.53. The summed E-state index contributed by atoms with van der Waals surface area (Å²) in [7, 11) is 0. The Bertz CT molecular complexity index is 148. The SMILES string of the molecule is CCCSc1n[c]c[nH]1. The van der Waals surface area contributed by atoms with Crippen LogP contribution in [0.15, 0.2) is 11.4 Å². The summed E-state index contributed by atoms with van der Waals surface area (Å²) in [6.45, 7) is 2.15. The van der Waals surface area contributed by atoms with E-state index in [1.165, 1.54) is 6.42 Å². The summed E-state index contributed by atoms with van der Waals surface area (Å²) >= 11 is 1.73. The number of aromatic nitrogens is 2. The molecule has 0 fully saturated rings. The van der Waals surface area contributed by atoms with Gasteiger partial charge in [0.25, 0.3) is 0 Å². The lowest BCUT2D eigenvalue weighted by molar-refractivity contribution is 1.04. The minimum absolute atomic E-state index is 0.969. The quantitative estimate of drug-likeness (QED) is 0.649. The molecule has 0 atom stereocenters. The van der Waals surface area contributed by atoms with Crippen molar-refractivity contribution in [2.24, 2.45) is 0 Å². The van der Waals surface area contributed by atoms with Gasteiger partial charge in [0.1, 0.15) is 6.20 Å². The van der Waals surface area contributed by atoms with Crippen LogP contribution >= 0.6 is 11.8 Å². The molecule has 0 saturated carbocycles. The van der Waals surface area contributed by atoms with E-state index in [0.29, 0.717) is 0 Å². The molecule has 0 aliphatic rings. The number of aromatic amines is 1. The summed E-state index contributed by atoms with van der Waals surface area (Å²) in [6.07, 6.45) is 5.62. The molecule has 1 N–H and O–H groups in total. The third-order valence-electron chi connectivity index (χ3n) is 0.869. The maximum absolute atomic E-state index is 3.94. The smallest absolute Gasteiger partial charge is 0.165 e. The van der Waals surface area contributed by atoms with Gasteiger partial charge in [-0.3, -0.25) is 0 Å². The molecule has 3 heteroatoms. The standard InChI is InChI=1S/C6H9N2S/c1-2-5-9-6-7-3-4-8-6/h3H,2,5H2,1H3,(H,7,8). The number of imidazole rings is 1.